The summed E-state index contributed by atoms with van der Waals surface area (Å²) in [5.41, 5.74) is 3.54. The third-order valence-corrected chi connectivity index (χ3v) is 4.55. The number of aryl methyl sites for hydroxylation is 1. The first kappa shape index (κ1) is 19.3. The summed E-state index contributed by atoms with van der Waals surface area (Å²) in [5, 5.41) is 18.5. The Morgan fingerprint density at radius 1 is 1.21 bits per heavy atom. The van der Waals surface area contributed by atoms with Crippen molar-refractivity contribution in [3.8, 4) is 16.9 Å². The zero-order chi connectivity index (χ0) is 20.3. The maximum absolute atomic E-state index is 12.8. The molecule has 0 radical (unpaired) electrons. The van der Waals surface area contributed by atoms with E-state index in [-0.39, 0.29) is 17.6 Å². The summed E-state index contributed by atoms with van der Waals surface area (Å²) >= 11 is 0. The standard InChI is InChI=1S/C21H22N4O3/c1-4-15(3)22-21(26)20-13-19(16-8-10-17(11-9-16)25(27)28)23-24(20)18-7-5-6-14(2)12-18/h5-13,15H,4H2,1-3H3,(H,22,26)/t15-/m0/s1. The van der Waals surface area contributed by atoms with Crippen molar-refractivity contribution in [2.24, 2.45) is 0 Å². The van der Waals surface area contributed by atoms with Gasteiger partial charge in [0, 0.05) is 23.7 Å². The van der Waals surface area contributed by atoms with Gasteiger partial charge < -0.3 is 5.32 Å². The molecule has 0 saturated carbocycles. The molecular formula is C21H22N4O3. The van der Waals surface area contributed by atoms with E-state index in [2.05, 4.69) is 10.4 Å². The number of aromatic nitrogens is 2. The van der Waals surface area contributed by atoms with E-state index in [9.17, 15) is 14.9 Å². The molecule has 2 aromatic carbocycles. The number of hydrogen-bond donors (Lipinski definition) is 1. The van der Waals surface area contributed by atoms with Crippen molar-refractivity contribution in [3.05, 3.63) is 76.0 Å². The molecule has 0 unspecified atom stereocenters. The number of amides is 1. The van der Waals surface area contributed by atoms with Crippen molar-refractivity contribution in [2.45, 2.75) is 33.2 Å². The van der Waals surface area contributed by atoms with Crippen LogP contribution in [0.1, 0.15) is 36.3 Å². The Morgan fingerprint density at radius 2 is 1.93 bits per heavy atom. The van der Waals surface area contributed by atoms with Crippen LogP contribution < -0.4 is 5.32 Å². The van der Waals surface area contributed by atoms with Crippen LogP contribution in [-0.4, -0.2) is 26.7 Å². The fourth-order valence-electron chi connectivity index (χ4n) is 2.79. The quantitative estimate of drug-likeness (QED) is 0.512. The van der Waals surface area contributed by atoms with Gasteiger partial charge in [0.05, 0.1) is 16.3 Å². The number of nitrogens with one attached hydrogen (secondary N) is 1. The number of carbonyl (C=O) groups is 1. The molecule has 1 heterocycles. The van der Waals surface area contributed by atoms with Gasteiger partial charge in [0.2, 0.25) is 0 Å². The zero-order valence-corrected chi connectivity index (χ0v) is 16.0. The summed E-state index contributed by atoms with van der Waals surface area (Å²) in [7, 11) is 0. The maximum atomic E-state index is 12.8. The van der Waals surface area contributed by atoms with Crippen LogP contribution >= 0.6 is 0 Å². The van der Waals surface area contributed by atoms with Crippen molar-refractivity contribution in [2.75, 3.05) is 0 Å². The Labute approximate surface area is 163 Å². The summed E-state index contributed by atoms with van der Waals surface area (Å²) in [6, 6.07) is 15.6. The first-order chi connectivity index (χ1) is 13.4. The average molecular weight is 378 g/mol. The molecular weight excluding hydrogens is 356 g/mol. The lowest BCUT2D eigenvalue weighted by molar-refractivity contribution is -0.384. The largest absolute Gasteiger partial charge is 0.348 e. The molecule has 144 valence electrons. The van der Waals surface area contributed by atoms with Crippen molar-refractivity contribution in [1.29, 1.82) is 0 Å². The van der Waals surface area contributed by atoms with Gasteiger partial charge in [-0.3, -0.25) is 14.9 Å². The average Bonchev–Trinajstić information content (AvgIpc) is 3.13. The number of benzene rings is 2. The van der Waals surface area contributed by atoms with Crippen LogP contribution in [-0.2, 0) is 0 Å². The van der Waals surface area contributed by atoms with Gasteiger partial charge in [-0.05, 0) is 56.2 Å². The number of nitrogens with zero attached hydrogens (tertiary/aromatic N) is 3. The summed E-state index contributed by atoms with van der Waals surface area (Å²) < 4.78 is 1.61. The number of carbonyl (C=O) groups excluding carboxylic acids is 1. The molecule has 3 rings (SSSR count). The Hall–Kier alpha value is -3.48. The smallest absolute Gasteiger partial charge is 0.270 e. The molecule has 7 heteroatoms. The Morgan fingerprint density at radius 3 is 2.54 bits per heavy atom. The molecule has 1 amide bonds. The molecule has 0 bridgehead atoms. The van der Waals surface area contributed by atoms with Crippen molar-refractivity contribution >= 4 is 11.6 Å². The van der Waals surface area contributed by atoms with Gasteiger partial charge in [0.15, 0.2) is 0 Å². The fraction of sp³-hybridized carbons (Fsp3) is 0.238. The Bertz CT molecular complexity index is 1010. The third kappa shape index (κ3) is 4.09. The van der Waals surface area contributed by atoms with E-state index < -0.39 is 4.92 Å². The predicted octanol–water partition coefficient (Wildman–Crippen LogP) is 4.28. The van der Waals surface area contributed by atoms with Crippen molar-refractivity contribution in [3.63, 3.8) is 0 Å². The molecule has 0 saturated heterocycles. The maximum Gasteiger partial charge on any atom is 0.270 e. The lowest BCUT2D eigenvalue weighted by Gasteiger charge is -2.12. The van der Waals surface area contributed by atoms with Gasteiger partial charge >= 0.3 is 0 Å². The second-order valence-corrected chi connectivity index (χ2v) is 6.75. The van der Waals surface area contributed by atoms with Crippen LogP contribution in [0, 0.1) is 17.0 Å². The molecule has 1 N–H and O–H groups in total. The van der Waals surface area contributed by atoms with E-state index >= 15 is 0 Å². The summed E-state index contributed by atoms with van der Waals surface area (Å²) in [6.07, 6.45) is 0.819. The highest BCUT2D eigenvalue weighted by molar-refractivity contribution is 5.94. The van der Waals surface area contributed by atoms with E-state index in [1.165, 1.54) is 12.1 Å². The number of nitro benzene ring substituents is 1. The van der Waals surface area contributed by atoms with Gasteiger partial charge in [0.1, 0.15) is 5.69 Å². The molecule has 0 aliphatic carbocycles. The van der Waals surface area contributed by atoms with Crippen molar-refractivity contribution < 1.29 is 9.72 Å². The molecule has 0 aliphatic rings. The lowest BCUT2D eigenvalue weighted by atomic mass is 10.1. The van der Waals surface area contributed by atoms with E-state index in [1.807, 2.05) is 45.0 Å². The molecule has 0 aliphatic heterocycles. The molecule has 0 fully saturated rings. The highest BCUT2D eigenvalue weighted by Crippen LogP contribution is 2.24. The van der Waals surface area contributed by atoms with E-state index in [0.29, 0.717) is 17.0 Å². The molecule has 7 nitrogen and oxygen atoms in total. The van der Waals surface area contributed by atoms with E-state index in [4.69, 9.17) is 0 Å². The highest BCUT2D eigenvalue weighted by Gasteiger charge is 2.19. The minimum Gasteiger partial charge on any atom is -0.348 e. The molecule has 1 aromatic heterocycles. The van der Waals surface area contributed by atoms with Crippen LogP contribution in [0.4, 0.5) is 5.69 Å². The van der Waals surface area contributed by atoms with Gasteiger partial charge in [0.25, 0.3) is 11.6 Å². The monoisotopic (exact) mass is 378 g/mol. The molecule has 1 atom stereocenters. The van der Waals surface area contributed by atoms with Gasteiger partial charge in [-0.15, -0.1) is 0 Å². The first-order valence-corrected chi connectivity index (χ1v) is 9.12. The van der Waals surface area contributed by atoms with Gasteiger partial charge in [-0.2, -0.15) is 5.10 Å². The minimum absolute atomic E-state index is 0.0107. The Kier molecular flexibility index (Phi) is 5.54. The topological polar surface area (TPSA) is 90.1 Å². The zero-order valence-electron chi connectivity index (χ0n) is 16.0. The van der Waals surface area contributed by atoms with E-state index in [0.717, 1.165) is 17.7 Å². The number of hydrogen-bond acceptors (Lipinski definition) is 4. The summed E-state index contributed by atoms with van der Waals surface area (Å²) in [5.74, 6) is -0.212. The number of rotatable bonds is 6. The molecule has 0 spiro atoms. The predicted molar refractivity (Wildman–Crippen MR) is 108 cm³/mol. The summed E-state index contributed by atoms with van der Waals surface area (Å²) in [4.78, 5) is 23.3. The normalized spacial score (nSPS) is 11.8. The third-order valence-electron chi connectivity index (χ3n) is 4.55. The number of nitro groups is 1. The highest BCUT2D eigenvalue weighted by atomic mass is 16.6. The summed E-state index contributed by atoms with van der Waals surface area (Å²) in [6.45, 7) is 5.93. The van der Waals surface area contributed by atoms with Gasteiger partial charge in [-0.25, -0.2) is 4.68 Å². The van der Waals surface area contributed by atoms with Crippen LogP contribution in [0.5, 0.6) is 0 Å². The van der Waals surface area contributed by atoms with Crippen LogP contribution in [0.3, 0.4) is 0 Å². The first-order valence-electron chi connectivity index (χ1n) is 9.12. The second-order valence-electron chi connectivity index (χ2n) is 6.75. The minimum atomic E-state index is -0.444. The Balaban J connectivity index is 2.06. The van der Waals surface area contributed by atoms with Gasteiger partial charge in [-0.1, -0.05) is 19.1 Å². The SMILES string of the molecule is CC[C@H](C)NC(=O)c1cc(-c2ccc([N+](=O)[O-])cc2)nn1-c1cccc(C)c1. The molecule has 3 aromatic rings. The van der Waals surface area contributed by atoms with E-state index in [1.54, 1.807) is 22.9 Å². The van der Waals surface area contributed by atoms with Crippen molar-refractivity contribution in [1.82, 2.24) is 15.1 Å². The molecule has 28 heavy (non-hydrogen) atoms. The van der Waals surface area contributed by atoms with Crippen LogP contribution in [0.15, 0.2) is 54.6 Å². The lowest BCUT2D eigenvalue weighted by Crippen LogP contribution is -2.33. The number of non-ortho nitro benzene ring substituents is 1. The fourth-order valence-corrected chi connectivity index (χ4v) is 2.79. The van der Waals surface area contributed by atoms with Crippen LogP contribution in [0.25, 0.3) is 16.9 Å². The van der Waals surface area contributed by atoms with Crippen LogP contribution in [0.2, 0.25) is 0 Å². The second kappa shape index (κ2) is 8.04.